The lowest BCUT2D eigenvalue weighted by molar-refractivity contribution is 0.194. The molecule has 72 valence electrons. The topological polar surface area (TPSA) is 40.5 Å². The molecule has 2 nitrogen and oxygen atoms in total. The van der Waals surface area contributed by atoms with Crippen LogP contribution in [-0.4, -0.2) is 10.2 Å². The van der Waals surface area contributed by atoms with Crippen LogP contribution in [0.1, 0.15) is 37.3 Å². The van der Waals surface area contributed by atoms with Gasteiger partial charge in [-0.3, -0.25) is 0 Å². The molecule has 0 heterocycles. The molecule has 0 bridgehead atoms. The number of phenolic OH excluding ortho intramolecular Hbond substituents is 1. The Hall–Kier alpha value is -1.09. The number of alkyl halides is 1. The van der Waals surface area contributed by atoms with Gasteiger partial charge >= 0.3 is 0 Å². The molecule has 0 saturated carbocycles. The first-order chi connectivity index (χ1) is 6.02. The standard InChI is InChI=1S/C10H13FO2/c1-6(11)8-3-4-10(13)9(5-8)7(2)12/h3-7,12-13H,1-2H3. The van der Waals surface area contributed by atoms with Crippen LogP contribution in [0.3, 0.4) is 0 Å². The van der Waals surface area contributed by atoms with Crippen molar-refractivity contribution in [1.82, 2.24) is 0 Å². The second kappa shape index (κ2) is 3.75. The average Bonchev–Trinajstić information content (AvgIpc) is 2.04. The molecule has 1 aromatic carbocycles. The van der Waals surface area contributed by atoms with Gasteiger partial charge in [0.15, 0.2) is 0 Å². The van der Waals surface area contributed by atoms with Gasteiger partial charge in [-0.05, 0) is 31.5 Å². The van der Waals surface area contributed by atoms with Gasteiger partial charge in [0.25, 0.3) is 0 Å². The highest BCUT2D eigenvalue weighted by molar-refractivity contribution is 5.38. The van der Waals surface area contributed by atoms with E-state index in [0.29, 0.717) is 11.1 Å². The molecule has 1 rings (SSSR count). The van der Waals surface area contributed by atoms with Crippen LogP contribution in [0.15, 0.2) is 18.2 Å². The van der Waals surface area contributed by atoms with Gasteiger partial charge in [0.05, 0.1) is 6.10 Å². The van der Waals surface area contributed by atoms with E-state index >= 15 is 0 Å². The van der Waals surface area contributed by atoms with Crippen LogP contribution in [0.4, 0.5) is 4.39 Å². The van der Waals surface area contributed by atoms with E-state index in [1.165, 1.54) is 32.0 Å². The van der Waals surface area contributed by atoms with E-state index in [1.54, 1.807) is 0 Å². The van der Waals surface area contributed by atoms with Crippen molar-refractivity contribution in [2.75, 3.05) is 0 Å². The summed E-state index contributed by atoms with van der Waals surface area (Å²) in [6, 6.07) is 4.38. The molecule has 0 radical (unpaired) electrons. The number of phenols is 1. The third-order valence-corrected chi connectivity index (χ3v) is 1.96. The van der Waals surface area contributed by atoms with Crippen molar-refractivity contribution in [3.63, 3.8) is 0 Å². The molecule has 2 N–H and O–H groups in total. The smallest absolute Gasteiger partial charge is 0.122 e. The van der Waals surface area contributed by atoms with Crippen molar-refractivity contribution in [3.8, 4) is 5.75 Å². The molecule has 0 saturated heterocycles. The second-order valence-corrected chi connectivity index (χ2v) is 3.11. The quantitative estimate of drug-likeness (QED) is 0.741. The first-order valence-corrected chi connectivity index (χ1v) is 4.17. The van der Waals surface area contributed by atoms with Crippen LogP contribution >= 0.6 is 0 Å². The van der Waals surface area contributed by atoms with E-state index in [-0.39, 0.29) is 5.75 Å². The lowest BCUT2D eigenvalue weighted by atomic mass is 10.0. The van der Waals surface area contributed by atoms with Crippen molar-refractivity contribution in [1.29, 1.82) is 0 Å². The lowest BCUT2D eigenvalue weighted by Crippen LogP contribution is -1.94. The number of hydrogen-bond acceptors (Lipinski definition) is 2. The molecule has 0 spiro atoms. The fourth-order valence-corrected chi connectivity index (χ4v) is 1.16. The number of hydrogen-bond donors (Lipinski definition) is 2. The van der Waals surface area contributed by atoms with Crippen LogP contribution in [0, 0.1) is 0 Å². The van der Waals surface area contributed by atoms with E-state index in [1.807, 2.05) is 0 Å². The highest BCUT2D eigenvalue weighted by Crippen LogP contribution is 2.28. The van der Waals surface area contributed by atoms with Gasteiger partial charge in [-0.15, -0.1) is 0 Å². The largest absolute Gasteiger partial charge is 0.508 e. The van der Waals surface area contributed by atoms with E-state index in [0.717, 1.165) is 0 Å². The van der Waals surface area contributed by atoms with Crippen LogP contribution in [0.5, 0.6) is 5.75 Å². The summed E-state index contributed by atoms with van der Waals surface area (Å²) in [5.74, 6) is -0.000556. The summed E-state index contributed by atoms with van der Waals surface area (Å²) < 4.78 is 12.8. The molecule has 0 aliphatic carbocycles. The molecule has 1 aromatic rings. The van der Waals surface area contributed by atoms with Gasteiger partial charge in [-0.25, -0.2) is 4.39 Å². The number of benzene rings is 1. The lowest BCUT2D eigenvalue weighted by Gasteiger charge is -2.10. The Kier molecular flexibility index (Phi) is 2.88. The van der Waals surface area contributed by atoms with Crippen molar-refractivity contribution >= 4 is 0 Å². The highest BCUT2D eigenvalue weighted by Gasteiger charge is 2.10. The zero-order valence-electron chi connectivity index (χ0n) is 7.66. The van der Waals surface area contributed by atoms with Crippen LogP contribution in [0.25, 0.3) is 0 Å². The number of aliphatic hydroxyl groups is 1. The Labute approximate surface area is 76.6 Å². The summed E-state index contributed by atoms with van der Waals surface area (Å²) in [5, 5.41) is 18.5. The third kappa shape index (κ3) is 2.18. The molecule has 0 aliphatic rings. The Morgan fingerprint density at radius 3 is 2.38 bits per heavy atom. The zero-order valence-corrected chi connectivity index (χ0v) is 7.66. The zero-order chi connectivity index (χ0) is 10.0. The van der Waals surface area contributed by atoms with E-state index in [2.05, 4.69) is 0 Å². The fourth-order valence-electron chi connectivity index (χ4n) is 1.16. The Bertz CT molecular complexity index is 295. The van der Waals surface area contributed by atoms with Crippen molar-refractivity contribution in [2.45, 2.75) is 26.1 Å². The van der Waals surface area contributed by atoms with Crippen LogP contribution < -0.4 is 0 Å². The molecule has 13 heavy (non-hydrogen) atoms. The molecule has 0 aromatic heterocycles. The molecule has 0 amide bonds. The van der Waals surface area contributed by atoms with Gasteiger partial charge in [0.2, 0.25) is 0 Å². The summed E-state index contributed by atoms with van der Waals surface area (Å²) in [5.41, 5.74) is 0.829. The maximum absolute atomic E-state index is 12.8. The number of halogens is 1. The van der Waals surface area contributed by atoms with Gasteiger partial charge in [0, 0.05) is 5.56 Å². The second-order valence-electron chi connectivity index (χ2n) is 3.11. The minimum Gasteiger partial charge on any atom is -0.508 e. The van der Waals surface area contributed by atoms with Crippen molar-refractivity contribution in [2.24, 2.45) is 0 Å². The number of aliphatic hydroxyl groups excluding tert-OH is 1. The monoisotopic (exact) mass is 184 g/mol. The first kappa shape index (κ1) is 9.99. The molecule has 2 atom stereocenters. The van der Waals surface area contributed by atoms with Crippen molar-refractivity contribution < 1.29 is 14.6 Å². The maximum Gasteiger partial charge on any atom is 0.122 e. The van der Waals surface area contributed by atoms with Gasteiger partial charge in [-0.1, -0.05) is 6.07 Å². The minimum absolute atomic E-state index is 0.000556. The molecule has 0 aliphatic heterocycles. The Balaban J connectivity index is 3.11. The van der Waals surface area contributed by atoms with E-state index < -0.39 is 12.3 Å². The van der Waals surface area contributed by atoms with Gasteiger partial charge in [0.1, 0.15) is 11.9 Å². The summed E-state index contributed by atoms with van der Waals surface area (Å²) >= 11 is 0. The maximum atomic E-state index is 12.8. The first-order valence-electron chi connectivity index (χ1n) is 4.17. The Morgan fingerprint density at radius 2 is 1.92 bits per heavy atom. The highest BCUT2D eigenvalue weighted by atomic mass is 19.1. The van der Waals surface area contributed by atoms with Crippen LogP contribution in [-0.2, 0) is 0 Å². The Morgan fingerprint density at radius 1 is 1.31 bits per heavy atom. The van der Waals surface area contributed by atoms with Gasteiger partial charge in [-0.2, -0.15) is 0 Å². The third-order valence-electron chi connectivity index (χ3n) is 1.96. The van der Waals surface area contributed by atoms with Gasteiger partial charge < -0.3 is 10.2 Å². The normalized spacial score (nSPS) is 15.4. The number of rotatable bonds is 2. The molecule has 3 heteroatoms. The predicted octanol–water partition coefficient (Wildman–Crippen LogP) is 2.48. The fraction of sp³-hybridized carbons (Fsp3) is 0.400. The molecule has 0 fully saturated rings. The summed E-state index contributed by atoms with van der Waals surface area (Å²) in [6.45, 7) is 2.94. The van der Waals surface area contributed by atoms with Crippen molar-refractivity contribution in [3.05, 3.63) is 29.3 Å². The summed E-state index contributed by atoms with van der Waals surface area (Å²) in [6.07, 6.45) is -1.86. The summed E-state index contributed by atoms with van der Waals surface area (Å²) in [7, 11) is 0. The molecular weight excluding hydrogens is 171 g/mol. The van der Waals surface area contributed by atoms with Crippen LogP contribution in [0.2, 0.25) is 0 Å². The van der Waals surface area contributed by atoms with E-state index in [4.69, 9.17) is 0 Å². The molecular formula is C10H13FO2. The summed E-state index contributed by atoms with van der Waals surface area (Å²) in [4.78, 5) is 0. The van der Waals surface area contributed by atoms with E-state index in [9.17, 15) is 14.6 Å². The number of aromatic hydroxyl groups is 1. The molecule has 2 unspecified atom stereocenters. The SMILES string of the molecule is CC(O)c1cc(C(C)F)ccc1O. The minimum atomic E-state index is -1.09. The average molecular weight is 184 g/mol. The predicted molar refractivity (Wildman–Crippen MR) is 48.3 cm³/mol.